The molecule has 1 amide bonds. The van der Waals surface area contributed by atoms with E-state index in [0.29, 0.717) is 18.7 Å². The Morgan fingerprint density at radius 2 is 1.75 bits per heavy atom. The summed E-state index contributed by atoms with van der Waals surface area (Å²) in [4.78, 5) is 22.1. The molecule has 0 unspecified atom stereocenters. The van der Waals surface area contributed by atoms with Gasteiger partial charge in [-0.3, -0.25) is 4.79 Å². The van der Waals surface area contributed by atoms with E-state index in [-0.39, 0.29) is 0 Å². The Balaban J connectivity index is 2.42. The Kier molecular flexibility index (Phi) is 6.77. The number of amides is 1. The zero-order valence-electron chi connectivity index (χ0n) is 14.0. The molecule has 0 heterocycles. The van der Waals surface area contributed by atoms with Gasteiger partial charge in [0.25, 0.3) is 0 Å². The number of carbonyl (C=O) groups is 2. The predicted octanol–water partition coefficient (Wildman–Crippen LogP) is 1.02. The first kappa shape index (κ1) is 20.0. The molecule has 0 aliphatic carbocycles. The maximum absolute atomic E-state index is 11.9. The minimum absolute atomic E-state index is 0.313. The van der Waals surface area contributed by atoms with Gasteiger partial charge in [-0.15, -0.1) is 0 Å². The molecule has 0 aliphatic rings. The number of sulfone groups is 1. The van der Waals surface area contributed by atoms with E-state index < -0.39 is 38.8 Å². The van der Waals surface area contributed by atoms with E-state index in [1.807, 2.05) is 0 Å². The van der Waals surface area contributed by atoms with Crippen molar-refractivity contribution in [2.45, 2.75) is 31.9 Å². The standard InChI is InChI=1S/C16H23NO6S/c1-16(2,3)24(21,22)11-14(18)17-9-8-12-4-6-13(7-5-12)23-10-15(19)20/h4-7H,8-11H2,1-3H3,(H,17,18)(H,19,20). The lowest BCUT2D eigenvalue weighted by atomic mass is 10.1. The molecule has 134 valence electrons. The molecule has 8 heteroatoms. The number of hydrogen-bond acceptors (Lipinski definition) is 5. The number of benzene rings is 1. The van der Waals surface area contributed by atoms with Crippen LogP contribution in [0, 0.1) is 0 Å². The lowest BCUT2D eigenvalue weighted by Gasteiger charge is -2.18. The lowest BCUT2D eigenvalue weighted by molar-refractivity contribution is -0.139. The summed E-state index contributed by atoms with van der Waals surface area (Å²) < 4.78 is 27.9. The van der Waals surface area contributed by atoms with Gasteiger partial charge in [0.2, 0.25) is 5.91 Å². The Hall–Kier alpha value is -2.09. The molecular formula is C16H23NO6S. The Morgan fingerprint density at radius 3 is 2.25 bits per heavy atom. The van der Waals surface area contributed by atoms with Crippen LogP contribution < -0.4 is 10.1 Å². The molecule has 24 heavy (non-hydrogen) atoms. The van der Waals surface area contributed by atoms with Gasteiger partial charge in [-0.1, -0.05) is 12.1 Å². The molecule has 0 bridgehead atoms. The molecule has 1 aromatic carbocycles. The molecule has 7 nitrogen and oxygen atoms in total. The Morgan fingerprint density at radius 1 is 1.17 bits per heavy atom. The van der Waals surface area contributed by atoms with Gasteiger partial charge in [-0.05, 0) is 44.9 Å². The monoisotopic (exact) mass is 357 g/mol. The third-order valence-electron chi connectivity index (χ3n) is 3.28. The highest BCUT2D eigenvalue weighted by Crippen LogP contribution is 2.15. The quantitative estimate of drug-likeness (QED) is 0.719. The first-order valence-electron chi connectivity index (χ1n) is 7.44. The summed E-state index contributed by atoms with van der Waals surface area (Å²) >= 11 is 0. The van der Waals surface area contributed by atoms with Gasteiger partial charge in [0, 0.05) is 6.54 Å². The molecule has 1 aromatic rings. The van der Waals surface area contributed by atoms with Gasteiger partial charge >= 0.3 is 5.97 Å². The summed E-state index contributed by atoms with van der Waals surface area (Å²) in [6.07, 6.45) is 0.528. The molecule has 0 saturated heterocycles. The number of carbonyl (C=O) groups excluding carboxylic acids is 1. The van der Waals surface area contributed by atoms with Crippen molar-refractivity contribution in [3.05, 3.63) is 29.8 Å². The summed E-state index contributed by atoms with van der Waals surface area (Å²) in [5.41, 5.74) is 0.914. The fraction of sp³-hybridized carbons (Fsp3) is 0.500. The Labute approximate surface area is 141 Å². The fourth-order valence-electron chi connectivity index (χ4n) is 1.68. The first-order valence-corrected chi connectivity index (χ1v) is 9.09. The third-order valence-corrected chi connectivity index (χ3v) is 5.78. The molecule has 0 atom stereocenters. The van der Waals surface area contributed by atoms with Crippen molar-refractivity contribution in [3.8, 4) is 5.75 Å². The molecule has 0 spiro atoms. The highest BCUT2D eigenvalue weighted by atomic mass is 32.2. The minimum Gasteiger partial charge on any atom is -0.482 e. The summed E-state index contributed by atoms with van der Waals surface area (Å²) in [6, 6.07) is 6.80. The molecule has 0 fully saturated rings. The van der Waals surface area contributed by atoms with Crippen LogP contribution in [-0.4, -0.2) is 49.1 Å². The van der Waals surface area contributed by atoms with Crippen LogP contribution in [0.1, 0.15) is 26.3 Å². The molecule has 0 radical (unpaired) electrons. The molecule has 0 aromatic heterocycles. The largest absolute Gasteiger partial charge is 0.482 e. The molecule has 2 N–H and O–H groups in total. The SMILES string of the molecule is CC(C)(C)S(=O)(=O)CC(=O)NCCc1ccc(OCC(=O)O)cc1. The van der Waals surface area contributed by atoms with Crippen LogP contribution in [0.2, 0.25) is 0 Å². The number of rotatable bonds is 8. The second-order valence-electron chi connectivity index (χ2n) is 6.30. The number of carboxylic acids is 1. The number of hydrogen-bond donors (Lipinski definition) is 2. The average molecular weight is 357 g/mol. The first-order chi connectivity index (χ1) is 11.0. The number of nitrogens with one attached hydrogen (secondary N) is 1. The second kappa shape index (κ2) is 8.14. The number of ether oxygens (including phenoxy) is 1. The van der Waals surface area contributed by atoms with Crippen LogP contribution in [0.5, 0.6) is 5.75 Å². The van der Waals surface area contributed by atoms with Crippen molar-refractivity contribution in [2.24, 2.45) is 0 Å². The van der Waals surface area contributed by atoms with Crippen LogP contribution in [0.15, 0.2) is 24.3 Å². The molecular weight excluding hydrogens is 334 g/mol. The van der Waals surface area contributed by atoms with Crippen LogP contribution in [0.25, 0.3) is 0 Å². The van der Waals surface area contributed by atoms with Crippen LogP contribution in [-0.2, 0) is 25.8 Å². The maximum atomic E-state index is 11.9. The predicted molar refractivity (Wildman–Crippen MR) is 89.8 cm³/mol. The van der Waals surface area contributed by atoms with E-state index in [1.54, 1.807) is 45.0 Å². The van der Waals surface area contributed by atoms with Gasteiger partial charge in [0.15, 0.2) is 16.4 Å². The lowest BCUT2D eigenvalue weighted by Crippen LogP contribution is -2.38. The summed E-state index contributed by atoms with van der Waals surface area (Å²) in [6.45, 7) is 4.59. The number of carboxylic acid groups (broad SMARTS) is 1. The minimum atomic E-state index is -3.49. The summed E-state index contributed by atoms with van der Waals surface area (Å²) in [5.74, 6) is -1.65. The second-order valence-corrected chi connectivity index (χ2v) is 9.04. The van der Waals surface area contributed by atoms with Gasteiger partial charge in [0.1, 0.15) is 11.5 Å². The normalized spacial score (nSPS) is 11.8. The summed E-state index contributed by atoms with van der Waals surface area (Å²) in [7, 11) is -3.49. The van der Waals surface area contributed by atoms with Crippen molar-refractivity contribution in [1.82, 2.24) is 5.32 Å². The van der Waals surface area contributed by atoms with E-state index in [1.165, 1.54) is 0 Å². The number of aliphatic carboxylic acids is 1. The van der Waals surface area contributed by atoms with Crippen molar-refractivity contribution in [3.63, 3.8) is 0 Å². The van der Waals surface area contributed by atoms with E-state index in [4.69, 9.17) is 9.84 Å². The van der Waals surface area contributed by atoms with Gasteiger partial charge < -0.3 is 15.2 Å². The molecule has 0 aliphatic heterocycles. The van der Waals surface area contributed by atoms with Crippen LogP contribution >= 0.6 is 0 Å². The third kappa shape index (κ3) is 6.57. The highest BCUT2D eigenvalue weighted by molar-refractivity contribution is 7.93. The van der Waals surface area contributed by atoms with E-state index >= 15 is 0 Å². The molecule has 1 rings (SSSR count). The van der Waals surface area contributed by atoms with Crippen molar-refractivity contribution >= 4 is 21.7 Å². The highest BCUT2D eigenvalue weighted by Gasteiger charge is 2.30. The fourth-order valence-corrected chi connectivity index (χ4v) is 2.56. The van der Waals surface area contributed by atoms with Crippen molar-refractivity contribution < 1.29 is 27.9 Å². The average Bonchev–Trinajstić information content (AvgIpc) is 2.44. The van der Waals surface area contributed by atoms with E-state index in [0.717, 1.165) is 5.56 Å². The topological polar surface area (TPSA) is 110 Å². The van der Waals surface area contributed by atoms with Crippen LogP contribution in [0.4, 0.5) is 0 Å². The van der Waals surface area contributed by atoms with Crippen molar-refractivity contribution in [2.75, 3.05) is 18.9 Å². The molecule has 0 saturated carbocycles. The van der Waals surface area contributed by atoms with Crippen LogP contribution in [0.3, 0.4) is 0 Å². The Bertz CT molecular complexity index is 674. The smallest absolute Gasteiger partial charge is 0.341 e. The maximum Gasteiger partial charge on any atom is 0.341 e. The van der Waals surface area contributed by atoms with Crippen molar-refractivity contribution in [1.29, 1.82) is 0 Å². The zero-order chi connectivity index (χ0) is 18.4. The zero-order valence-corrected chi connectivity index (χ0v) is 14.9. The van der Waals surface area contributed by atoms with E-state index in [2.05, 4.69) is 5.32 Å². The van der Waals surface area contributed by atoms with Gasteiger partial charge in [-0.2, -0.15) is 0 Å². The van der Waals surface area contributed by atoms with Gasteiger partial charge in [0.05, 0.1) is 4.75 Å². The van der Waals surface area contributed by atoms with Gasteiger partial charge in [-0.25, -0.2) is 13.2 Å². The summed E-state index contributed by atoms with van der Waals surface area (Å²) in [5, 5.41) is 11.1. The van der Waals surface area contributed by atoms with E-state index in [9.17, 15) is 18.0 Å².